The highest BCUT2D eigenvalue weighted by Crippen LogP contribution is 2.44. The maximum absolute atomic E-state index is 14.8. The zero-order chi connectivity index (χ0) is 19.3. The van der Waals surface area contributed by atoms with Gasteiger partial charge in [0.1, 0.15) is 23.3 Å². The van der Waals surface area contributed by atoms with Gasteiger partial charge < -0.3 is 9.64 Å². The number of hydrogen-bond donors (Lipinski definition) is 0. The zero-order valence-corrected chi connectivity index (χ0v) is 16.8. The molecule has 1 atom stereocenters. The van der Waals surface area contributed by atoms with Gasteiger partial charge in [-0.2, -0.15) is 4.98 Å². The number of hydrogen-bond acceptors (Lipinski definition) is 6. The van der Waals surface area contributed by atoms with E-state index in [-0.39, 0.29) is 16.7 Å². The Bertz CT molecular complexity index is 1050. The van der Waals surface area contributed by atoms with Crippen LogP contribution in [0.4, 0.5) is 10.2 Å². The second kappa shape index (κ2) is 7.04. The minimum Gasteiger partial charge on any atom is -0.475 e. The Kier molecular flexibility index (Phi) is 4.51. The molecule has 0 saturated heterocycles. The van der Waals surface area contributed by atoms with E-state index in [1.54, 1.807) is 0 Å². The summed E-state index contributed by atoms with van der Waals surface area (Å²) in [5, 5.41) is 0.779. The van der Waals surface area contributed by atoms with Gasteiger partial charge >= 0.3 is 0 Å². The number of rotatable bonds is 4. The maximum atomic E-state index is 14.8. The Balaban J connectivity index is 1.74. The van der Waals surface area contributed by atoms with Crippen molar-refractivity contribution in [2.24, 2.45) is 5.92 Å². The summed E-state index contributed by atoms with van der Waals surface area (Å²) in [6.45, 7) is 1.13. The lowest BCUT2D eigenvalue weighted by Crippen LogP contribution is -2.40. The van der Waals surface area contributed by atoms with E-state index in [2.05, 4.69) is 27.0 Å². The Morgan fingerprint density at radius 1 is 1.21 bits per heavy atom. The number of pyridine rings is 1. The highest BCUT2D eigenvalue weighted by Gasteiger charge is 2.40. The van der Waals surface area contributed by atoms with Crippen LogP contribution in [0.5, 0.6) is 5.88 Å². The SMILES string of the molecule is CSc1nc2c3c(nc(Cl)c(F)c3n1)OC[C@H](C1CC1)N2Cc1ccccc1. The fourth-order valence-electron chi connectivity index (χ4n) is 3.74. The number of benzene rings is 1. The maximum Gasteiger partial charge on any atom is 0.228 e. The molecule has 2 aliphatic rings. The fraction of sp³-hybridized carbons (Fsp3) is 0.350. The molecule has 8 heteroatoms. The number of halogens is 2. The molecular formula is C20H18ClFN4OS. The van der Waals surface area contributed by atoms with Gasteiger partial charge in [0.15, 0.2) is 16.1 Å². The van der Waals surface area contributed by atoms with Gasteiger partial charge in [0, 0.05) is 6.54 Å². The summed E-state index contributed by atoms with van der Waals surface area (Å²) in [7, 11) is 0. The van der Waals surface area contributed by atoms with E-state index in [9.17, 15) is 4.39 Å². The van der Waals surface area contributed by atoms with Crippen molar-refractivity contribution in [3.05, 3.63) is 46.9 Å². The van der Waals surface area contributed by atoms with Gasteiger partial charge in [0.05, 0.1) is 6.04 Å². The van der Waals surface area contributed by atoms with Gasteiger partial charge in [-0.15, -0.1) is 0 Å². The first-order chi connectivity index (χ1) is 13.7. The normalized spacial score (nSPS) is 18.8. The molecule has 0 spiro atoms. The predicted octanol–water partition coefficient (Wildman–Crippen LogP) is 4.72. The predicted molar refractivity (Wildman–Crippen MR) is 109 cm³/mol. The first-order valence-electron chi connectivity index (χ1n) is 9.20. The van der Waals surface area contributed by atoms with Gasteiger partial charge in [0.2, 0.25) is 5.88 Å². The Morgan fingerprint density at radius 2 is 2.00 bits per heavy atom. The molecule has 1 aliphatic heterocycles. The summed E-state index contributed by atoms with van der Waals surface area (Å²) < 4.78 is 20.8. The molecule has 0 bridgehead atoms. The summed E-state index contributed by atoms with van der Waals surface area (Å²) in [6.07, 6.45) is 4.19. The summed E-state index contributed by atoms with van der Waals surface area (Å²) in [4.78, 5) is 15.5. The van der Waals surface area contributed by atoms with Crippen molar-refractivity contribution in [2.75, 3.05) is 17.8 Å². The number of ether oxygens (including phenoxy) is 1. The van der Waals surface area contributed by atoms with Gasteiger partial charge in [-0.25, -0.2) is 14.4 Å². The Morgan fingerprint density at radius 3 is 2.71 bits per heavy atom. The third kappa shape index (κ3) is 3.06. The molecule has 0 amide bonds. The molecule has 0 N–H and O–H groups in total. The molecule has 0 unspecified atom stereocenters. The van der Waals surface area contributed by atoms with Gasteiger partial charge in [-0.3, -0.25) is 0 Å². The van der Waals surface area contributed by atoms with Crippen molar-refractivity contribution in [1.29, 1.82) is 0 Å². The molecule has 1 fully saturated rings. The molecule has 1 aliphatic carbocycles. The quantitative estimate of drug-likeness (QED) is 0.348. The molecule has 5 nitrogen and oxygen atoms in total. The summed E-state index contributed by atoms with van der Waals surface area (Å²) in [6, 6.07) is 10.4. The first kappa shape index (κ1) is 17.9. The van der Waals surface area contributed by atoms with E-state index in [1.807, 2.05) is 24.5 Å². The fourth-order valence-corrected chi connectivity index (χ4v) is 4.26. The van der Waals surface area contributed by atoms with Crippen LogP contribution in [0.2, 0.25) is 5.15 Å². The summed E-state index contributed by atoms with van der Waals surface area (Å²) >= 11 is 7.41. The van der Waals surface area contributed by atoms with Crippen LogP contribution < -0.4 is 9.64 Å². The van der Waals surface area contributed by atoms with Crippen molar-refractivity contribution < 1.29 is 9.13 Å². The highest BCUT2D eigenvalue weighted by molar-refractivity contribution is 7.98. The molecule has 1 saturated carbocycles. The minimum absolute atomic E-state index is 0.143. The standard InChI is InChI=1S/C20H18ClFN4OS/c1-28-20-23-16-14-18(25-20)26(9-11-5-3-2-4-6-11)13(12-7-8-12)10-27-19(14)24-17(21)15(16)22/h2-6,12-13H,7-10H2,1H3/t13-/m1/s1. The molecule has 144 valence electrons. The Hall–Kier alpha value is -2.12. The topological polar surface area (TPSA) is 51.1 Å². The highest BCUT2D eigenvalue weighted by atomic mass is 35.5. The second-order valence-electron chi connectivity index (χ2n) is 7.11. The van der Waals surface area contributed by atoms with E-state index in [1.165, 1.54) is 11.8 Å². The average molecular weight is 417 g/mol. The third-order valence-corrected chi connectivity index (χ3v) is 6.08. The Labute approximate surface area is 171 Å². The van der Waals surface area contributed by atoms with Crippen LogP contribution in [-0.2, 0) is 6.54 Å². The minimum atomic E-state index is -0.632. The molecule has 0 radical (unpaired) electrons. The zero-order valence-electron chi connectivity index (χ0n) is 15.2. The molecule has 1 aromatic carbocycles. The van der Waals surface area contributed by atoms with Crippen molar-refractivity contribution in [2.45, 2.75) is 30.6 Å². The molecule has 3 aromatic rings. The van der Waals surface area contributed by atoms with Gasteiger partial charge in [-0.1, -0.05) is 53.7 Å². The summed E-state index contributed by atoms with van der Waals surface area (Å²) in [5.74, 6) is 0.879. The monoisotopic (exact) mass is 416 g/mol. The van der Waals surface area contributed by atoms with Crippen LogP contribution in [0.25, 0.3) is 10.9 Å². The van der Waals surface area contributed by atoms with Crippen molar-refractivity contribution in [3.8, 4) is 5.88 Å². The lowest BCUT2D eigenvalue weighted by Gasteiger charge is -2.31. The molecule has 28 heavy (non-hydrogen) atoms. The van der Waals surface area contributed by atoms with Crippen molar-refractivity contribution in [3.63, 3.8) is 0 Å². The smallest absolute Gasteiger partial charge is 0.228 e. The van der Waals surface area contributed by atoms with Crippen molar-refractivity contribution >= 4 is 40.1 Å². The van der Waals surface area contributed by atoms with Crippen LogP contribution >= 0.6 is 23.4 Å². The van der Waals surface area contributed by atoms with E-state index in [0.29, 0.717) is 41.3 Å². The lowest BCUT2D eigenvalue weighted by molar-refractivity contribution is 0.265. The van der Waals surface area contributed by atoms with Gasteiger partial charge in [-0.05, 0) is 30.6 Å². The van der Waals surface area contributed by atoms with Crippen LogP contribution in [-0.4, -0.2) is 33.9 Å². The van der Waals surface area contributed by atoms with Crippen LogP contribution in [0.15, 0.2) is 35.5 Å². The van der Waals surface area contributed by atoms with E-state index in [0.717, 1.165) is 18.4 Å². The lowest BCUT2D eigenvalue weighted by atomic mass is 10.1. The van der Waals surface area contributed by atoms with E-state index in [4.69, 9.17) is 21.3 Å². The molecule has 2 aromatic heterocycles. The first-order valence-corrected chi connectivity index (χ1v) is 10.8. The van der Waals surface area contributed by atoms with Crippen LogP contribution in [0, 0.1) is 11.7 Å². The second-order valence-corrected chi connectivity index (χ2v) is 8.24. The summed E-state index contributed by atoms with van der Waals surface area (Å²) in [5.41, 5.74) is 1.33. The average Bonchev–Trinajstić information content (AvgIpc) is 3.56. The number of aromatic nitrogens is 3. The number of thioether (sulfide) groups is 1. The van der Waals surface area contributed by atoms with E-state index < -0.39 is 5.82 Å². The van der Waals surface area contributed by atoms with Crippen LogP contribution in [0.3, 0.4) is 0 Å². The largest absolute Gasteiger partial charge is 0.475 e. The van der Waals surface area contributed by atoms with Crippen LogP contribution in [0.1, 0.15) is 18.4 Å². The third-order valence-electron chi connectivity index (χ3n) is 5.28. The van der Waals surface area contributed by atoms with E-state index >= 15 is 0 Å². The number of anilines is 1. The van der Waals surface area contributed by atoms with Gasteiger partial charge in [0.25, 0.3) is 0 Å². The van der Waals surface area contributed by atoms with Crippen molar-refractivity contribution in [1.82, 2.24) is 15.0 Å². The molecular weight excluding hydrogens is 399 g/mol. The number of nitrogens with zero attached hydrogens (tertiary/aromatic N) is 4. The molecule has 3 heterocycles. The molecule has 5 rings (SSSR count).